The summed E-state index contributed by atoms with van der Waals surface area (Å²) in [5.41, 5.74) is 3.35. The molecule has 1 heterocycles. The number of fused-ring (bicyclic) bond motifs is 1. The Hall–Kier alpha value is -1.94. The van der Waals surface area contributed by atoms with Gasteiger partial charge in [0, 0.05) is 20.9 Å². The minimum Gasteiger partial charge on any atom is -0.481 e. The zero-order valence-electron chi connectivity index (χ0n) is 12.0. The molecule has 108 valence electrons. The molecular weight excluding hydrogens is 284 g/mol. The first-order valence-electron chi connectivity index (χ1n) is 6.96. The summed E-state index contributed by atoms with van der Waals surface area (Å²) in [6, 6.07) is 7.54. The van der Waals surface area contributed by atoms with E-state index in [-0.39, 0.29) is 5.78 Å². The number of hydrogen-bond acceptors (Lipinski definition) is 3. The van der Waals surface area contributed by atoms with Crippen LogP contribution in [0, 0.1) is 13.8 Å². The average molecular weight is 300 g/mol. The second-order valence-corrected chi connectivity index (χ2v) is 6.71. The number of rotatable bonds is 3. The lowest BCUT2D eigenvalue weighted by atomic mass is 9.96. The largest absolute Gasteiger partial charge is 0.481 e. The number of ketones is 1. The molecule has 0 fully saturated rings. The summed E-state index contributed by atoms with van der Waals surface area (Å²) < 4.78 is 0. The second-order valence-electron chi connectivity index (χ2n) is 5.45. The van der Waals surface area contributed by atoms with E-state index in [1.54, 1.807) is 0 Å². The van der Waals surface area contributed by atoms with Gasteiger partial charge in [-0.3, -0.25) is 9.59 Å². The molecule has 4 heteroatoms. The molecule has 2 aromatic rings. The minimum absolute atomic E-state index is 0.0224. The average Bonchev–Trinajstić information content (AvgIpc) is 2.96. The Morgan fingerprint density at radius 2 is 1.95 bits per heavy atom. The molecule has 3 rings (SSSR count). The van der Waals surface area contributed by atoms with Gasteiger partial charge in [-0.2, -0.15) is 0 Å². The van der Waals surface area contributed by atoms with E-state index in [9.17, 15) is 14.7 Å². The highest BCUT2D eigenvalue weighted by Gasteiger charge is 2.35. The van der Waals surface area contributed by atoms with Crippen LogP contribution < -0.4 is 0 Å². The quantitative estimate of drug-likeness (QED) is 0.879. The summed E-state index contributed by atoms with van der Waals surface area (Å²) >= 11 is 1.47. The van der Waals surface area contributed by atoms with Gasteiger partial charge in [-0.15, -0.1) is 11.3 Å². The summed E-state index contributed by atoms with van der Waals surface area (Å²) in [6.45, 7) is 3.84. The molecule has 21 heavy (non-hydrogen) atoms. The molecule has 0 aliphatic heterocycles. The maximum Gasteiger partial charge on any atom is 0.311 e. The van der Waals surface area contributed by atoms with Crippen molar-refractivity contribution in [2.75, 3.05) is 0 Å². The highest BCUT2D eigenvalue weighted by Crippen LogP contribution is 2.43. The number of carboxylic acids is 1. The summed E-state index contributed by atoms with van der Waals surface area (Å²) in [5.74, 6) is -1.21. The monoisotopic (exact) mass is 300 g/mol. The number of thiophene rings is 1. The molecule has 0 saturated carbocycles. The topological polar surface area (TPSA) is 54.4 Å². The third-order valence-electron chi connectivity index (χ3n) is 4.13. The van der Waals surface area contributed by atoms with E-state index in [0.29, 0.717) is 18.4 Å². The van der Waals surface area contributed by atoms with E-state index in [4.69, 9.17) is 0 Å². The molecule has 0 radical (unpaired) electrons. The van der Waals surface area contributed by atoms with Gasteiger partial charge in [0.25, 0.3) is 0 Å². The van der Waals surface area contributed by atoms with Crippen LogP contribution in [0.3, 0.4) is 0 Å². The molecule has 1 aromatic heterocycles. The lowest BCUT2D eigenvalue weighted by Gasteiger charge is -2.06. The summed E-state index contributed by atoms with van der Waals surface area (Å²) in [5, 5.41) is 9.28. The SMILES string of the molecule is Cc1ccccc1C(=O)c1c(C)sc2c1CCC2C(=O)O. The predicted molar refractivity (Wildman–Crippen MR) is 82.4 cm³/mol. The van der Waals surface area contributed by atoms with Crippen molar-refractivity contribution in [3.8, 4) is 0 Å². The van der Waals surface area contributed by atoms with Crippen molar-refractivity contribution in [1.82, 2.24) is 0 Å². The fourth-order valence-corrected chi connectivity index (χ4v) is 4.39. The van der Waals surface area contributed by atoms with Gasteiger partial charge in [-0.1, -0.05) is 24.3 Å². The molecule has 0 spiro atoms. The molecule has 1 aliphatic carbocycles. The number of carbonyl (C=O) groups is 2. The van der Waals surface area contributed by atoms with Gasteiger partial charge in [0.1, 0.15) is 0 Å². The Kier molecular flexibility index (Phi) is 3.41. The lowest BCUT2D eigenvalue weighted by Crippen LogP contribution is -2.06. The summed E-state index contributed by atoms with van der Waals surface area (Å²) in [4.78, 5) is 25.9. The molecular formula is C17H16O3S. The Bertz CT molecular complexity index is 742. The van der Waals surface area contributed by atoms with Crippen molar-refractivity contribution in [2.24, 2.45) is 0 Å². The van der Waals surface area contributed by atoms with Crippen molar-refractivity contribution < 1.29 is 14.7 Å². The van der Waals surface area contributed by atoms with E-state index < -0.39 is 11.9 Å². The fraction of sp³-hybridized carbons (Fsp3) is 0.294. The lowest BCUT2D eigenvalue weighted by molar-refractivity contribution is -0.138. The van der Waals surface area contributed by atoms with E-state index in [0.717, 1.165) is 26.4 Å². The highest BCUT2D eigenvalue weighted by atomic mass is 32.1. The van der Waals surface area contributed by atoms with Crippen LogP contribution >= 0.6 is 11.3 Å². The van der Waals surface area contributed by atoms with E-state index >= 15 is 0 Å². The number of aliphatic carboxylic acids is 1. The van der Waals surface area contributed by atoms with E-state index in [1.807, 2.05) is 38.1 Å². The third-order valence-corrected chi connectivity index (χ3v) is 5.39. The van der Waals surface area contributed by atoms with Crippen molar-refractivity contribution in [1.29, 1.82) is 0 Å². The number of hydrogen-bond donors (Lipinski definition) is 1. The molecule has 1 N–H and O–H groups in total. The molecule has 0 saturated heterocycles. The van der Waals surface area contributed by atoms with Crippen LogP contribution in [0.25, 0.3) is 0 Å². The number of carbonyl (C=O) groups excluding carboxylic acids is 1. The van der Waals surface area contributed by atoms with Crippen LogP contribution in [0.5, 0.6) is 0 Å². The van der Waals surface area contributed by atoms with Crippen molar-refractivity contribution >= 4 is 23.1 Å². The predicted octanol–water partition coefficient (Wildman–Crippen LogP) is 3.71. The Morgan fingerprint density at radius 1 is 1.24 bits per heavy atom. The first-order valence-corrected chi connectivity index (χ1v) is 7.77. The first-order chi connectivity index (χ1) is 10.0. The van der Waals surface area contributed by atoms with Gasteiger partial charge < -0.3 is 5.11 Å². The fourth-order valence-electron chi connectivity index (χ4n) is 3.06. The highest BCUT2D eigenvalue weighted by molar-refractivity contribution is 7.12. The van der Waals surface area contributed by atoms with Gasteiger partial charge in [0.05, 0.1) is 5.92 Å². The molecule has 3 nitrogen and oxygen atoms in total. The van der Waals surface area contributed by atoms with Crippen LogP contribution in [0.15, 0.2) is 24.3 Å². The third kappa shape index (κ3) is 2.20. The normalized spacial score (nSPS) is 16.8. The molecule has 0 bridgehead atoms. The second kappa shape index (κ2) is 5.11. The maximum atomic E-state index is 12.8. The Morgan fingerprint density at radius 3 is 2.62 bits per heavy atom. The Labute approximate surface area is 127 Å². The van der Waals surface area contributed by atoms with Crippen LogP contribution in [0.4, 0.5) is 0 Å². The van der Waals surface area contributed by atoms with Crippen LogP contribution in [0.2, 0.25) is 0 Å². The molecule has 1 atom stereocenters. The van der Waals surface area contributed by atoms with E-state index in [2.05, 4.69) is 0 Å². The zero-order chi connectivity index (χ0) is 15.1. The minimum atomic E-state index is -0.787. The van der Waals surface area contributed by atoms with Crippen LogP contribution in [-0.2, 0) is 11.2 Å². The van der Waals surface area contributed by atoms with E-state index in [1.165, 1.54) is 11.3 Å². The maximum absolute atomic E-state index is 12.8. The number of benzene rings is 1. The van der Waals surface area contributed by atoms with Gasteiger partial charge in [-0.05, 0) is 37.8 Å². The van der Waals surface area contributed by atoms with Gasteiger partial charge >= 0.3 is 5.97 Å². The van der Waals surface area contributed by atoms with Crippen molar-refractivity contribution in [3.63, 3.8) is 0 Å². The molecule has 1 unspecified atom stereocenters. The van der Waals surface area contributed by atoms with Gasteiger partial charge in [0.2, 0.25) is 0 Å². The molecule has 1 aliphatic rings. The van der Waals surface area contributed by atoms with Gasteiger partial charge in [-0.25, -0.2) is 0 Å². The summed E-state index contributed by atoms with van der Waals surface area (Å²) in [7, 11) is 0. The first kappa shape index (κ1) is 14.0. The van der Waals surface area contributed by atoms with Gasteiger partial charge in [0.15, 0.2) is 5.78 Å². The number of carboxylic acid groups (broad SMARTS) is 1. The smallest absolute Gasteiger partial charge is 0.311 e. The summed E-state index contributed by atoms with van der Waals surface area (Å²) in [6.07, 6.45) is 1.29. The number of aryl methyl sites for hydroxylation is 2. The van der Waals surface area contributed by atoms with Crippen molar-refractivity contribution in [2.45, 2.75) is 32.6 Å². The van der Waals surface area contributed by atoms with Crippen LogP contribution in [-0.4, -0.2) is 16.9 Å². The Balaban J connectivity index is 2.09. The zero-order valence-corrected chi connectivity index (χ0v) is 12.8. The van der Waals surface area contributed by atoms with Crippen LogP contribution in [0.1, 0.15) is 49.1 Å². The standard InChI is InChI=1S/C17H16O3S/c1-9-5-3-4-6-11(9)15(18)14-10(2)21-16-12(14)7-8-13(16)17(19)20/h3-6,13H,7-8H2,1-2H3,(H,19,20). The molecule has 0 amide bonds. The molecule has 1 aromatic carbocycles. The van der Waals surface area contributed by atoms with Crippen molar-refractivity contribution in [3.05, 3.63) is 56.3 Å².